The van der Waals surface area contributed by atoms with Crippen molar-refractivity contribution >= 4 is 18.0 Å². The average molecular weight is 529 g/mol. The summed E-state index contributed by atoms with van der Waals surface area (Å²) >= 11 is 0. The summed E-state index contributed by atoms with van der Waals surface area (Å²) in [5.74, 6) is -2.05. The highest BCUT2D eigenvalue weighted by Crippen LogP contribution is 2.44. The first-order valence-electron chi connectivity index (χ1n) is 12.8. The van der Waals surface area contributed by atoms with Crippen molar-refractivity contribution < 1.29 is 29.0 Å². The maximum absolute atomic E-state index is 13.1. The van der Waals surface area contributed by atoms with Crippen LogP contribution in [0.4, 0.5) is 4.79 Å². The Morgan fingerprint density at radius 2 is 1.51 bits per heavy atom. The van der Waals surface area contributed by atoms with Gasteiger partial charge in [0.05, 0.1) is 12.7 Å². The van der Waals surface area contributed by atoms with Gasteiger partial charge in [-0.3, -0.25) is 4.79 Å². The van der Waals surface area contributed by atoms with Gasteiger partial charge < -0.3 is 25.2 Å². The Morgan fingerprint density at radius 3 is 2.10 bits per heavy atom. The smallest absolute Gasteiger partial charge is 0.407 e. The van der Waals surface area contributed by atoms with Gasteiger partial charge in [0.15, 0.2) is 0 Å². The normalized spacial score (nSPS) is 14.3. The van der Waals surface area contributed by atoms with Crippen molar-refractivity contribution in [3.8, 4) is 11.1 Å². The molecule has 8 heteroatoms. The Kier molecular flexibility index (Phi) is 9.12. The van der Waals surface area contributed by atoms with Gasteiger partial charge in [-0.2, -0.15) is 0 Å². The molecule has 0 bridgehead atoms. The molecule has 3 aromatic carbocycles. The summed E-state index contributed by atoms with van der Waals surface area (Å²) in [4.78, 5) is 37.7. The lowest BCUT2D eigenvalue weighted by molar-refractivity contribution is -0.142. The molecule has 3 N–H and O–H groups in total. The molecule has 0 aromatic heterocycles. The number of rotatable bonds is 12. The Morgan fingerprint density at radius 1 is 0.923 bits per heavy atom. The summed E-state index contributed by atoms with van der Waals surface area (Å²) in [5.41, 5.74) is 5.22. The topological polar surface area (TPSA) is 114 Å². The third-order valence-electron chi connectivity index (χ3n) is 6.74. The maximum atomic E-state index is 13.1. The molecule has 0 radical (unpaired) electrons. The molecule has 0 saturated heterocycles. The van der Waals surface area contributed by atoms with Gasteiger partial charge in [-0.25, -0.2) is 9.59 Å². The standard InChI is InChI=1S/C31H32N2O6/c1-3-11-27(30(35)36)32-29(34)28(20(2)38-18-21-12-5-4-6-13-21)33-31(37)39-19-26-24-16-9-7-14-22(24)23-15-8-10-17-25(23)26/h3-10,12-17,20,26-28H,1,11,18-19H2,2H3,(H,32,34)(H,33,37)(H,35,36)/t20-,27?,28+/m0/s1. The summed E-state index contributed by atoms with van der Waals surface area (Å²) in [7, 11) is 0. The molecular weight excluding hydrogens is 496 g/mol. The van der Waals surface area contributed by atoms with Crippen LogP contribution >= 0.6 is 0 Å². The number of hydrogen-bond acceptors (Lipinski definition) is 5. The molecule has 39 heavy (non-hydrogen) atoms. The fourth-order valence-electron chi connectivity index (χ4n) is 4.71. The minimum absolute atomic E-state index is 0.0258. The first-order valence-corrected chi connectivity index (χ1v) is 12.8. The van der Waals surface area contributed by atoms with Crippen LogP contribution in [0, 0.1) is 0 Å². The summed E-state index contributed by atoms with van der Waals surface area (Å²) in [6.45, 7) is 5.46. The number of amides is 2. The minimum Gasteiger partial charge on any atom is -0.480 e. The monoisotopic (exact) mass is 528 g/mol. The molecule has 1 unspecified atom stereocenters. The van der Waals surface area contributed by atoms with Gasteiger partial charge in [-0.05, 0) is 41.2 Å². The van der Waals surface area contributed by atoms with E-state index in [9.17, 15) is 19.5 Å². The molecule has 4 rings (SSSR count). The van der Waals surface area contributed by atoms with Crippen LogP contribution in [0.5, 0.6) is 0 Å². The zero-order chi connectivity index (χ0) is 27.8. The van der Waals surface area contributed by atoms with Crippen LogP contribution < -0.4 is 10.6 Å². The van der Waals surface area contributed by atoms with Crippen LogP contribution in [0.2, 0.25) is 0 Å². The largest absolute Gasteiger partial charge is 0.480 e. The van der Waals surface area contributed by atoms with Crippen molar-refractivity contribution in [2.45, 2.75) is 44.1 Å². The molecule has 0 aliphatic heterocycles. The first kappa shape index (κ1) is 27.6. The molecule has 3 aromatic rings. The van der Waals surface area contributed by atoms with E-state index in [-0.39, 0.29) is 25.6 Å². The first-order chi connectivity index (χ1) is 18.9. The number of aliphatic carboxylic acids is 1. The number of carbonyl (C=O) groups is 3. The number of nitrogens with one attached hydrogen (secondary N) is 2. The lowest BCUT2D eigenvalue weighted by Crippen LogP contribution is -2.56. The molecule has 2 amide bonds. The number of fused-ring (bicyclic) bond motifs is 3. The van der Waals surface area contributed by atoms with Crippen molar-refractivity contribution in [3.05, 3.63) is 108 Å². The number of benzene rings is 3. The number of carboxylic acids is 1. The van der Waals surface area contributed by atoms with E-state index in [1.807, 2.05) is 78.9 Å². The van der Waals surface area contributed by atoms with Crippen molar-refractivity contribution in [2.24, 2.45) is 0 Å². The van der Waals surface area contributed by atoms with E-state index >= 15 is 0 Å². The summed E-state index contributed by atoms with van der Waals surface area (Å²) in [6.07, 6.45) is -0.160. The molecule has 1 aliphatic carbocycles. The molecule has 0 fully saturated rings. The van der Waals surface area contributed by atoms with Crippen LogP contribution in [0.15, 0.2) is 91.5 Å². The van der Waals surface area contributed by atoms with E-state index in [1.54, 1.807) is 6.92 Å². The average Bonchev–Trinajstić information content (AvgIpc) is 3.27. The highest BCUT2D eigenvalue weighted by atomic mass is 16.5. The SMILES string of the molecule is C=CCC(NC(=O)[C@H](NC(=O)OCC1c2ccccc2-c2ccccc21)[C@H](C)OCc1ccccc1)C(=O)O. The van der Waals surface area contributed by atoms with Crippen LogP contribution in [-0.2, 0) is 25.7 Å². The van der Waals surface area contributed by atoms with Gasteiger partial charge in [-0.1, -0.05) is 84.9 Å². The fourth-order valence-corrected chi connectivity index (χ4v) is 4.71. The number of hydrogen-bond donors (Lipinski definition) is 3. The van der Waals surface area contributed by atoms with Crippen LogP contribution in [0.25, 0.3) is 11.1 Å². The lowest BCUT2D eigenvalue weighted by Gasteiger charge is -2.26. The Bertz CT molecular complexity index is 1280. The highest BCUT2D eigenvalue weighted by Gasteiger charge is 2.33. The molecular formula is C31H32N2O6. The van der Waals surface area contributed by atoms with Gasteiger partial charge in [0.2, 0.25) is 5.91 Å². The summed E-state index contributed by atoms with van der Waals surface area (Å²) in [5, 5.41) is 14.5. The van der Waals surface area contributed by atoms with Gasteiger partial charge in [0, 0.05) is 5.92 Å². The fraction of sp³-hybridized carbons (Fsp3) is 0.258. The van der Waals surface area contributed by atoms with Crippen molar-refractivity contribution in [3.63, 3.8) is 0 Å². The number of ether oxygens (including phenoxy) is 2. The van der Waals surface area contributed by atoms with Crippen molar-refractivity contribution in [1.29, 1.82) is 0 Å². The van der Waals surface area contributed by atoms with E-state index < -0.39 is 36.2 Å². The van der Waals surface area contributed by atoms with Crippen molar-refractivity contribution in [2.75, 3.05) is 6.61 Å². The van der Waals surface area contributed by atoms with E-state index in [0.29, 0.717) is 0 Å². The van der Waals surface area contributed by atoms with Crippen LogP contribution in [-0.4, -0.2) is 47.9 Å². The van der Waals surface area contributed by atoms with Gasteiger partial charge in [0.25, 0.3) is 0 Å². The molecule has 8 nitrogen and oxygen atoms in total. The second kappa shape index (κ2) is 12.9. The predicted octanol–water partition coefficient (Wildman–Crippen LogP) is 4.64. The van der Waals surface area contributed by atoms with Crippen LogP contribution in [0.3, 0.4) is 0 Å². The van der Waals surface area contributed by atoms with E-state index in [4.69, 9.17) is 9.47 Å². The third-order valence-corrected chi connectivity index (χ3v) is 6.74. The van der Waals surface area contributed by atoms with Gasteiger partial charge in [0.1, 0.15) is 18.7 Å². The molecule has 202 valence electrons. The second-order valence-corrected chi connectivity index (χ2v) is 9.37. The highest BCUT2D eigenvalue weighted by molar-refractivity contribution is 5.89. The van der Waals surface area contributed by atoms with Gasteiger partial charge >= 0.3 is 12.1 Å². The zero-order valence-electron chi connectivity index (χ0n) is 21.7. The Balaban J connectivity index is 1.45. The maximum Gasteiger partial charge on any atom is 0.407 e. The molecule has 1 aliphatic rings. The number of carboxylic acid groups (broad SMARTS) is 1. The predicted molar refractivity (Wildman–Crippen MR) is 147 cm³/mol. The number of alkyl carbamates (subject to hydrolysis) is 1. The van der Waals surface area contributed by atoms with Crippen molar-refractivity contribution in [1.82, 2.24) is 10.6 Å². The number of carbonyl (C=O) groups excluding carboxylic acids is 2. The quantitative estimate of drug-likeness (QED) is 0.295. The van der Waals surface area contributed by atoms with E-state index in [1.165, 1.54) is 6.08 Å². The minimum atomic E-state index is -1.21. The summed E-state index contributed by atoms with van der Waals surface area (Å²) in [6, 6.07) is 23.0. The Labute approximate surface area is 227 Å². The molecule has 0 saturated carbocycles. The lowest BCUT2D eigenvalue weighted by atomic mass is 9.98. The van der Waals surface area contributed by atoms with Crippen LogP contribution in [0.1, 0.15) is 36.0 Å². The third kappa shape index (κ3) is 6.72. The second-order valence-electron chi connectivity index (χ2n) is 9.37. The Hall–Kier alpha value is -4.43. The van der Waals surface area contributed by atoms with Gasteiger partial charge in [-0.15, -0.1) is 6.58 Å². The molecule has 3 atom stereocenters. The molecule has 0 spiro atoms. The van der Waals surface area contributed by atoms with E-state index in [2.05, 4.69) is 17.2 Å². The molecule has 0 heterocycles. The summed E-state index contributed by atoms with van der Waals surface area (Å²) < 4.78 is 11.5. The van der Waals surface area contributed by atoms with E-state index in [0.717, 1.165) is 27.8 Å². The zero-order valence-corrected chi connectivity index (χ0v) is 21.7.